The van der Waals surface area contributed by atoms with E-state index < -0.39 is 0 Å². The van der Waals surface area contributed by atoms with Crippen LogP contribution in [0.4, 0.5) is 0 Å². The first kappa shape index (κ1) is 26.3. The molecule has 0 aliphatic heterocycles. The fourth-order valence-corrected chi connectivity index (χ4v) is 1.90. The second-order valence-electron chi connectivity index (χ2n) is 3.94. The van der Waals surface area contributed by atoms with Gasteiger partial charge < -0.3 is 35.3 Å². The van der Waals surface area contributed by atoms with E-state index in [1.54, 1.807) is 0 Å². The zero-order valence-electron chi connectivity index (χ0n) is 12.4. The minimum absolute atomic E-state index is 0. The number of rotatable bonds is 0. The third-order valence-corrected chi connectivity index (χ3v) is 2.52. The van der Waals surface area contributed by atoms with Gasteiger partial charge >= 0.3 is 25.8 Å². The first-order valence-electron chi connectivity index (χ1n) is 6.01. The Balaban J connectivity index is -0.000000357. The standard InChI is InChI=1S/C13H9.C2H6Si.CH3NO.2ClH.Hf/c1-3-7-12-10(5-1)9-11-6-2-4-8-13(11)12;1-3-2;2-1-3;;;/h1-9H;1-2H3;1H,(H2,2,3);2*1H;/q-1;;;;;+4/p-3. The van der Waals surface area contributed by atoms with Crippen LogP contribution in [0.1, 0.15) is 0 Å². The molecule has 0 aliphatic carbocycles. The van der Waals surface area contributed by atoms with Crippen LogP contribution in [0.3, 0.4) is 0 Å². The number of hydrogen-bond acceptors (Lipinski definition) is 1. The van der Waals surface area contributed by atoms with E-state index in [1.807, 2.05) is 0 Å². The van der Waals surface area contributed by atoms with Crippen LogP contribution in [-0.2, 0) is 30.6 Å². The van der Waals surface area contributed by atoms with Crippen molar-refractivity contribution in [1.29, 1.82) is 0 Å². The second kappa shape index (κ2) is 15.3. The van der Waals surface area contributed by atoms with Gasteiger partial charge in [-0.05, 0) is 0 Å². The maximum absolute atomic E-state index is 8.47. The number of halogens is 2. The molecule has 22 heavy (non-hydrogen) atoms. The van der Waals surface area contributed by atoms with Crippen molar-refractivity contribution in [3.8, 4) is 0 Å². The van der Waals surface area contributed by atoms with Crippen molar-refractivity contribution in [3.05, 3.63) is 60.3 Å². The molecule has 2 radical (unpaired) electrons. The number of fused-ring (bicyclic) bond motifs is 3. The number of amides is 1. The minimum atomic E-state index is 0. The molecule has 2 nitrogen and oxygen atoms in total. The molecule has 0 aliphatic rings. The molecule has 0 fully saturated rings. The summed E-state index contributed by atoms with van der Waals surface area (Å²) in [4.78, 5) is 8.47. The Bertz CT molecular complexity index is 596. The Hall–Kier alpha value is -0.553. The largest absolute Gasteiger partial charge is 4.00 e. The smallest absolute Gasteiger partial charge is 1.00 e. The van der Waals surface area contributed by atoms with Gasteiger partial charge in [-0.3, -0.25) is 0 Å². The maximum atomic E-state index is 8.47. The average molecular weight is 517 g/mol. The Morgan fingerprint density at radius 2 is 1.18 bits per heavy atom. The van der Waals surface area contributed by atoms with Gasteiger partial charge in [0.05, 0.1) is 0 Å². The summed E-state index contributed by atoms with van der Waals surface area (Å²) in [6.07, 6.45) is 0. The van der Waals surface area contributed by atoms with Crippen LogP contribution in [0.2, 0.25) is 13.1 Å². The second-order valence-corrected chi connectivity index (χ2v) is 4.94. The van der Waals surface area contributed by atoms with Gasteiger partial charge in [0.25, 0.3) is 0 Å². The minimum Gasteiger partial charge on any atom is -1.00 e. The first-order chi connectivity index (χ1) is 9.28. The summed E-state index contributed by atoms with van der Waals surface area (Å²) in [5, 5.41) is 5.39. The molecule has 0 heterocycles. The fourth-order valence-electron chi connectivity index (χ4n) is 1.90. The van der Waals surface area contributed by atoms with Crippen LogP contribution in [0.25, 0.3) is 27.3 Å². The van der Waals surface area contributed by atoms with Gasteiger partial charge in [-0.15, -0.1) is 39.7 Å². The molecule has 0 unspecified atom stereocenters. The van der Waals surface area contributed by atoms with Gasteiger partial charge in [-0.1, -0.05) is 49.5 Å². The van der Waals surface area contributed by atoms with E-state index in [0.29, 0.717) is 0 Å². The summed E-state index contributed by atoms with van der Waals surface area (Å²) in [5.41, 5.74) is 5.53. The van der Waals surface area contributed by atoms with Crippen LogP contribution >= 0.6 is 0 Å². The zero-order valence-corrected chi connectivity index (χ0v) is 18.5. The molecule has 0 saturated carbocycles. The molecule has 0 aromatic heterocycles. The molecule has 3 aromatic rings. The Morgan fingerprint density at radius 3 is 1.50 bits per heavy atom. The van der Waals surface area contributed by atoms with Gasteiger partial charge in [-0.2, -0.15) is 0 Å². The molecule has 0 spiro atoms. The topological polar surface area (TPSA) is 40.9 Å². The van der Waals surface area contributed by atoms with Crippen LogP contribution in [0.5, 0.6) is 0 Å². The number of carbonyl (C=O) groups is 1. The molecular weight excluding hydrogens is 500 g/mol. The summed E-state index contributed by atoms with van der Waals surface area (Å²) in [6, 6.07) is 19.3. The summed E-state index contributed by atoms with van der Waals surface area (Å²) in [6.45, 7) is 4.31. The number of hydrogen-bond donors (Lipinski definition) is 0. The van der Waals surface area contributed by atoms with Crippen molar-refractivity contribution in [2.24, 2.45) is 0 Å². The Kier molecular flexibility index (Phi) is 18.4. The normalized spacial score (nSPS) is 7.91. The molecule has 6 heteroatoms. The first-order valence-corrected chi connectivity index (χ1v) is 8.01. The third kappa shape index (κ3) is 7.63. The maximum Gasteiger partial charge on any atom is 4.00 e. The molecule has 0 saturated heterocycles. The van der Waals surface area contributed by atoms with Gasteiger partial charge in [0.15, 0.2) is 0 Å². The monoisotopic (exact) mass is 517 g/mol. The summed E-state index contributed by atoms with van der Waals surface area (Å²) in [7, 11) is 1.08. The molecule has 1 amide bonds. The van der Waals surface area contributed by atoms with E-state index in [9.17, 15) is 0 Å². The fraction of sp³-hybridized carbons (Fsp3) is 0.125. The van der Waals surface area contributed by atoms with E-state index in [2.05, 4.69) is 67.7 Å². The Labute approximate surface area is 165 Å². The van der Waals surface area contributed by atoms with Crippen LogP contribution in [0.15, 0.2) is 54.6 Å². The molecule has 3 rings (SSSR count). The van der Waals surface area contributed by atoms with Crippen LogP contribution in [-0.4, -0.2) is 15.9 Å². The predicted molar refractivity (Wildman–Crippen MR) is 84.9 cm³/mol. The molecule has 114 valence electrons. The summed E-state index contributed by atoms with van der Waals surface area (Å²) in [5.74, 6) is 0. The van der Waals surface area contributed by atoms with Crippen molar-refractivity contribution in [2.75, 3.05) is 0 Å². The Morgan fingerprint density at radius 1 is 0.909 bits per heavy atom. The van der Waals surface area contributed by atoms with E-state index in [0.717, 1.165) is 9.52 Å². The van der Waals surface area contributed by atoms with Gasteiger partial charge in [0.1, 0.15) is 0 Å². The van der Waals surface area contributed by atoms with Gasteiger partial charge in [0.2, 0.25) is 0 Å². The van der Waals surface area contributed by atoms with Crippen LogP contribution < -0.4 is 24.8 Å². The quantitative estimate of drug-likeness (QED) is 0.208. The number of benzene rings is 2. The van der Waals surface area contributed by atoms with Crippen molar-refractivity contribution in [1.82, 2.24) is 0 Å². The average Bonchev–Trinajstić information content (AvgIpc) is 2.79. The summed E-state index contributed by atoms with van der Waals surface area (Å²) >= 11 is 0. The predicted octanol–water partition coefficient (Wildman–Crippen LogP) is -1.30. The molecule has 0 atom stereocenters. The third-order valence-electron chi connectivity index (χ3n) is 2.52. The van der Waals surface area contributed by atoms with E-state index in [4.69, 9.17) is 10.5 Å². The van der Waals surface area contributed by atoms with E-state index >= 15 is 0 Å². The SMILES string of the molecule is C[Si]C.[Cl-].[Cl-].[Hf+4].[NH-]C=O.c1ccc2c(c1)[cH-]c1ccccc12. The van der Waals surface area contributed by atoms with E-state index in [1.165, 1.54) is 21.5 Å². The number of carbonyl (C=O) groups excluding carboxylic acids is 1. The molecule has 3 aromatic carbocycles. The van der Waals surface area contributed by atoms with Crippen molar-refractivity contribution in [2.45, 2.75) is 13.1 Å². The summed E-state index contributed by atoms with van der Waals surface area (Å²) < 4.78 is 0. The van der Waals surface area contributed by atoms with Crippen LogP contribution in [0, 0.1) is 0 Å². The van der Waals surface area contributed by atoms with Gasteiger partial charge in [0, 0.05) is 15.9 Å². The van der Waals surface area contributed by atoms with Crippen molar-refractivity contribution >= 4 is 37.5 Å². The zero-order chi connectivity index (χ0) is 14.1. The molecular formula is C16H17Cl2HfNOSi. The van der Waals surface area contributed by atoms with E-state index in [-0.39, 0.29) is 57.1 Å². The van der Waals surface area contributed by atoms with Crippen molar-refractivity contribution in [3.63, 3.8) is 0 Å². The van der Waals surface area contributed by atoms with Crippen molar-refractivity contribution < 1.29 is 55.5 Å². The molecule has 1 N–H and O–H groups in total. The molecule has 0 bridgehead atoms. The van der Waals surface area contributed by atoms with Gasteiger partial charge in [-0.25, -0.2) is 0 Å². The number of nitrogens with one attached hydrogen (secondary N) is 1.